The molecule has 0 aliphatic rings. The van der Waals surface area contributed by atoms with E-state index in [-0.39, 0.29) is 12.5 Å². The van der Waals surface area contributed by atoms with E-state index in [1.165, 1.54) is 0 Å². The van der Waals surface area contributed by atoms with Gasteiger partial charge in [0, 0.05) is 28.7 Å². The molecule has 0 aliphatic heterocycles. The first-order valence-electron chi connectivity index (χ1n) is 9.23. The van der Waals surface area contributed by atoms with Gasteiger partial charge in [0.2, 0.25) is 0 Å². The number of nitrogens with zero attached hydrogens (tertiary/aromatic N) is 2. The fourth-order valence-corrected chi connectivity index (χ4v) is 3.20. The van der Waals surface area contributed by atoms with Crippen molar-refractivity contribution in [2.45, 2.75) is 13.8 Å². The van der Waals surface area contributed by atoms with E-state index in [0.29, 0.717) is 10.8 Å². The lowest BCUT2D eigenvalue weighted by atomic mass is 10.1. The Morgan fingerprint density at radius 3 is 2.66 bits per heavy atom. The molecular formula is C23H20ClN3O2. The Morgan fingerprint density at radius 1 is 1.10 bits per heavy atom. The summed E-state index contributed by atoms with van der Waals surface area (Å²) < 4.78 is 7.52. The molecule has 2 aromatic heterocycles. The smallest absolute Gasteiger partial charge is 0.262 e. The van der Waals surface area contributed by atoms with Crippen molar-refractivity contribution in [1.82, 2.24) is 9.38 Å². The third-order valence-corrected chi connectivity index (χ3v) is 4.92. The number of rotatable bonds is 5. The van der Waals surface area contributed by atoms with E-state index >= 15 is 0 Å². The minimum atomic E-state index is -0.231. The molecule has 0 spiro atoms. The summed E-state index contributed by atoms with van der Waals surface area (Å²) in [7, 11) is 0. The van der Waals surface area contributed by atoms with Crippen LogP contribution in [-0.4, -0.2) is 21.9 Å². The quantitative estimate of drug-likeness (QED) is 0.491. The van der Waals surface area contributed by atoms with Crippen LogP contribution in [0.4, 0.5) is 5.69 Å². The van der Waals surface area contributed by atoms with Crippen LogP contribution in [0.15, 0.2) is 67.0 Å². The van der Waals surface area contributed by atoms with Crippen LogP contribution in [0.2, 0.25) is 5.02 Å². The third kappa shape index (κ3) is 4.25. The first-order valence-corrected chi connectivity index (χ1v) is 9.61. The first kappa shape index (κ1) is 19.0. The van der Waals surface area contributed by atoms with E-state index in [1.807, 2.05) is 61.0 Å². The lowest BCUT2D eigenvalue weighted by Crippen LogP contribution is -2.20. The van der Waals surface area contributed by atoms with Gasteiger partial charge in [-0.1, -0.05) is 29.8 Å². The second-order valence-corrected chi connectivity index (χ2v) is 7.31. The summed E-state index contributed by atoms with van der Waals surface area (Å²) in [5.74, 6) is 0.362. The number of amides is 1. The van der Waals surface area contributed by atoms with Crippen molar-refractivity contribution in [2.75, 3.05) is 11.9 Å². The van der Waals surface area contributed by atoms with Gasteiger partial charge in [-0.25, -0.2) is 4.98 Å². The van der Waals surface area contributed by atoms with Gasteiger partial charge in [-0.3, -0.25) is 4.79 Å². The summed E-state index contributed by atoms with van der Waals surface area (Å²) in [5, 5.41) is 3.54. The van der Waals surface area contributed by atoms with Gasteiger partial charge in [0.1, 0.15) is 11.4 Å². The number of fused-ring (bicyclic) bond motifs is 1. The number of aromatic nitrogens is 2. The van der Waals surface area contributed by atoms with Crippen LogP contribution in [0.25, 0.3) is 16.9 Å². The number of pyridine rings is 1. The summed E-state index contributed by atoms with van der Waals surface area (Å²) in [6.45, 7) is 3.90. The van der Waals surface area contributed by atoms with E-state index < -0.39 is 0 Å². The molecular weight excluding hydrogens is 386 g/mol. The molecule has 0 fully saturated rings. The second-order valence-electron chi connectivity index (χ2n) is 6.87. The molecule has 0 radical (unpaired) electrons. The monoisotopic (exact) mass is 405 g/mol. The van der Waals surface area contributed by atoms with E-state index in [4.69, 9.17) is 21.3 Å². The van der Waals surface area contributed by atoms with Gasteiger partial charge in [-0.2, -0.15) is 0 Å². The minimum absolute atomic E-state index is 0.0845. The van der Waals surface area contributed by atoms with Crippen LogP contribution in [0, 0.1) is 13.8 Å². The normalized spacial score (nSPS) is 10.9. The highest BCUT2D eigenvalue weighted by Gasteiger charge is 2.11. The number of carbonyl (C=O) groups is 1. The van der Waals surface area contributed by atoms with Gasteiger partial charge in [-0.15, -0.1) is 0 Å². The largest absolute Gasteiger partial charge is 0.484 e. The van der Waals surface area contributed by atoms with Crippen molar-refractivity contribution < 1.29 is 9.53 Å². The van der Waals surface area contributed by atoms with Gasteiger partial charge in [0.25, 0.3) is 5.91 Å². The Bertz CT molecular complexity index is 1180. The molecule has 2 heterocycles. The number of hydrogen-bond acceptors (Lipinski definition) is 3. The molecule has 0 atom stereocenters. The van der Waals surface area contributed by atoms with Gasteiger partial charge < -0.3 is 14.5 Å². The maximum Gasteiger partial charge on any atom is 0.262 e. The maximum atomic E-state index is 12.4. The zero-order chi connectivity index (χ0) is 20.4. The molecule has 0 aliphatic carbocycles. The third-order valence-electron chi connectivity index (χ3n) is 4.67. The highest BCUT2D eigenvalue weighted by Crippen LogP contribution is 2.26. The summed E-state index contributed by atoms with van der Waals surface area (Å²) >= 11 is 5.86. The fourth-order valence-electron chi connectivity index (χ4n) is 3.07. The molecule has 0 saturated carbocycles. The molecule has 6 heteroatoms. The lowest BCUT2D eigenvalue weighted by molar-refractivity contribution is -0.118. The molecule has 29 heavy (non-hydrogen) atoms. The lowest BCUT2D eigenvalue weighted by Gasteiger charge is -2.11. The van der Waals surface area contributed by atoms with Crippen LogP contribution < -0.4 is 10.1 Å². The molecule has 4 rings (SSSR count). The number of carbonyl (C=O) groups excluding carboxylic acids is 1. The molecule has 1 amide bonds. The van der Waals surface area contributed by atoms with E-state index in [0.717, 1.165) is 33.7 Å². The Morgan fingerprint density at radius 2 is 1.90 bits per heavy atom. The number of imidazole rings is 1. The Hall–Kier alpha value is -3.31. The van der Waals surface area contributed by atoms with Crippen LogP contribution in [0.3, 0.4) is 0 Å². The zero-order valence-electron chi connectivity index (χ0n) is 16.1. The molecule has 146 valence electrons. The average Bonchev–Trinajstić information content (AvgIpc) is 3.15. The topological polar surface area (TPSA) is 55.6 Å². The Balaban J connectivity index is 1.51. The highest BCUT2D eigenvalue weighted by atomic mass is 35.5. The van der Waals surface area contributed by atoms with Crippen LogP contribution in [0.1, 0.15) is 11.1 Å². The molecule has 2 aromatic carbocycles. The van der Waals surface area contributed by atoms with E-state index in [2.05, 4.69) is 5.32 Å². The summed E-state index contributed by atoms with van der Waals surface area (Å²) in [4.78, 5) is 17.1. The first-order chi connectivity index (χ1) is 14.0. The number of halogens is 1. The van der Waals surface area contributed by atoms with E-state index in [9.17, 15) is 4.79 Å². The van der Waals surface area contributed by atoms with Crippen molar-refractivity contribution in [1.29, 1.82) is 0 Å². The van der Waals surface area contributed by atoms with Crippen molar-refractivity contribution in [3.05, 3.63) is 83.1 Å². The Labute approximate surface area is 173 Å². The van der Waals surface area contributed by atoms with Crippen molar-refractivity contribution in [3.63, 3.8) is 0 Å². The summed E-state index contributed by atoms with van der Waals surface area (Å²) in [5.41, 5.74) is 5.53. The number of aryl methyl sites for hydroxylation is 2. The fraction of sp³-hybridized carbons (Fsp3) is 0.130. The number of nitrogens with one attached hydrogen (secondary N) is 1. The van der Waals surface area contributed by atoms with Crippen LogP contribution >= 0.6 is 11.6 Å². The van der Waals surface area contributed by atoms with Gasteiger partial charge in [-0.05, 0) is 61.4 Å². The average molecular weight is 406 g/mol. The maximum absolute atomic E-state index is 12.4. The van der Waals surface area contributed by atoms with Crippen LogP contribution in [0.5, 0.6) is 5.75 Å². The molecule has 5 nitrogen and oxygen atoms in total. The number of benzene rings is 2. The van der Waals surface area contributed by atoms with Crippen LogP contribution in [-0.2, 0) is 4.79 Å². The SMILES string of the molecule is Cc1ccc(-c2cn3cccc(C)c3n2)cc1NC(=O)COc1ccc(Cl)cc1. The standard InChI is InChI=1S/C23H20ClN3O2/c1-15-5-6-17(21-13-27-11-3-4-16(2)23(27)26-21)12-20(15)25-22(28)14-29-19-9-7-18(24)8-10-19/h3-13H,14H2,1-2H3,(H,25,28). The van der Waals surface area contributed by atoms with Gasteiger partial charge in [0.15, 0.2) is 6.61 Å². The number of anilines is 1. The molecule has 4 aromatic rings. The van der Waals surface area contributed by atoms with E-state index in [1.54, 1.807) is 24.3 Å². The van der Waals surface area contributed by atoms with Gasteiger partial charge >= 0.3 is 0 Å². The molecule has 0 unspecified atom stereocenters. The van der Waals surface area contributed by atoms with Crippen molar-refractivity contribution in [2.24, 2.45) is 0 Å². The Kier molecular flexibility index (Phi) is 5.23. The predicted molar refractivity (Wildman–Crippen MR) is 116 cm³/mol. The zero-order valence-corrected chi connectivity index (χ0v) is 16.9. The van der Waals surface area contributed by atoms with Crippen molar-refractivity contribution in [3.8, 4) is 17.0 Å². The van der Waals surface area contributed by atoms with Crippen molar-refractivity contribution >= 4 is 28.8 Å². The molecule has 0 bridgehead atoms. The number of hydrogen-bond donors (Lipinski definition) is 1. The molecule has 0 saturated heterocycles. The van der Waals surface area contributed by atoms with Gasteiger partial charge in [0.05, 0.1) is 5.69 Å². The predicted octanol–water partition coefficient (Wildman–Crippen LogP) is 5.29. The molecule has 1 N–H and O–H groups in total. The summed E-state index contributed by atoms with van der Waals surface area (Å²) in [6, 6.07) is 16.8. The minimum Gasteiger partial charge on any atom is -0.484 e. The number of ether oxygens (including phenoxy) is 1. The second kappa shape index (κ2) is 7.97. The summed E-state index contributed by atoms with van der Waals surface area (Å²) in [6.07, 6.45) is 3.96. The highest BCUT2D eigenvalue weighted by molar-refractivity contribution is 6.30.